The summed E-state index contributed by atoms with van der Waals surface area (Å²) in [5.41, 5.74) is 0. The first kappa shape index (κ1) is 13.6. The van der Waals surface area contributed by atoms with Crippen LogP contribution in [0.1, 0.15) is 24.3 Å². The molecule has 0 spiro atoms. The molecular weight excluding hydrogens is 266 g/mol. The molecule has 2 heterocycles. The summed E-state index contributed by atoms with van der Waals surface area (Å²) in [4.78, 5) is 23.4. The van der Waals surface area contributed by atoms with Crippen LogP contribution in [0.5, 0.6) is 0 Å². The van der Waals surface area contributed by atoms with Gasteiger partial charge in [0.25, 0.3) is 5.91 Å². The van der Waals surface area contributed by atoms with Crippen LogP contribution in [-0.4, -0.2) is 29.2 Å². The fourth-order valence-electron chi connectivity index (χ4n) is 1.56. The summed E-state index contributed by atoms with van der Waals surface area (Å²) in [5, 5.41) is 13.3. The third kappa shape index (κ3) is 3.34. The van der Waals surface area contributed by atoms with Gasteiger partial charge in [-0.05, 0) is 11.4 Å². The summed E-state index contributed by atoms with van der Waals surface area (Å²) in [5.74, 6) is 4.32. The second-order valence-corrected chi connectivity index (χ2v) is 4.93. The lowest BCUT2D eigenvalue weighted by Gasteiger charge is -2.10. The molecule has 1 saturated heterocycles. The van der Waals surface area contributed by atoms with E-state index in [1.54, 1.807) is 0 Å². The number of amides is 1. The lowest BCUT2D eigenvalue weighted by molar-refractivity contribution is -0.138. The van der Waals surface area contributed by atoms with Crippen LogP contribution in [0, 0.1) is 11.8 Å². The summed E-state index contributed by atoms with van der Waals surface area (Å²) in [6, 6.07) is 3.34. The summed E-state index contributed by atoms with van der Waals surface area (Å²) < 4.78 is 4.81. The summed E-state index contributed by atoms with van der Waals surface area (Å²) >= 11 is 1.49. The largest absolute Gasteiger partial charge is 0.479 e. The van der Waals surface area contributed by atoms with E-state index >= 15 is 0 Å². The van der Waals surface area contributed by atoms with Crippen LogP contribution in [0.4, 0.5) is 0 Å². The topological polar surface area (TPSA) is 78.9 Å². The molecule has 0 radical (unpaired) electrons. The molecule has 1 aliphatic rings. The minimum Gasteiger partial charge on any atom is -0.479 e. The molecule has 3 atom stereocenters. The van der Waals surface area contributed by atoms with Crippen molar-refractivity contribution in [3.05, 3.63) is 22.4 Å². The van der Waals surface area contributed by atoms with Crippen LogP contribution in [-0.2, 0) is 14.3 Å². The first-order valence-electron chi connectivity index (χ1n) is 5.84. The Hall–Kier alpha value is -1.84. The second kappa shape index (κ2) is 5.87. The minimum atomic E-state index is -1.12. The number of carboxylic acids is 1. The van der Waals surface area contributed by atoms with E-state index in [9.17, 15) is 9.59 Å². The fraction of sp³-hybridized carbons (Fsp3) is 0.385. The molecule has 0 aromatic carbocycles. The summed E-state index contributed by atoms with van der Waals surface area (Å²) in [6.45, 7) is 1.92. The standard InChI is InChI=1S/C13H13NO4S/c1-2-3-5-8(9-6-4-7-19-9)14-12(15)10-11(18-10)13(16)17/h4,6-8,10-11H,2H2,1H3,(H,14,15)(H,16,17). The van der Waals surface area contributed by atoms with Crippen molar-refractivity contribution in [2.75, 3.05) is 0 Å². The van der Waals surface area contributed by atoms with Gasteiger partial charge in [-0.3, -0.25) is 4.79 Å². The predicted molar refractivity (Wildman–Crippen MR) is 69.6 cm³/mol. The van der Waals surface area contributed by atoms with Crippen LogP contribution in [0.15, 0.2) is 17.5 Å². The van der Waals surface area contributed by atoms with Crippen molar-refractivity contribution in [2.45, 2.75) is 31.6 Å². The zero-order valence-electron chi connectivity index (χ0n) is 10.3. The number of hydrogen-bond acceptors (Lipinski definition) is 4. The van der Waals surface area contributed by atoms with Crippen molar-refractivity contribution in [1.29, 1.82) is 0 Å². The van der Waals surface area contributed by atoms with Gasteiger partial charge in [-0.25, -0.2) is 4.79 Å². The quantitative estimate of drug-likeness (QED) is 0.640. The number of rotatable bonds is 4. The number of carboxylic acid groups (broad SMARTS) is 1. The molecular formula is C13H13NO4S. The highest BCUT2D eigenvalue weighted by Crippen LogP contribution is 2.24. The number of aliphatic carboxylic acids is 1. The SMILES string of the molecule is CCC#CC(NC(=O)C1OC1C(=O)O)c1cccs1. The van der Waals surface area contributed by atoms with Crippen molar-refractivity contribution in [3.8, 4) is 11.8 Å². The number of carbonyl (C=O) groups is 2. The van der Waals surface area contributed by atoms with Crippen molar-refractivity contribution in [3.63, 3.8) is 0 Å². The monoisotopic (exact) mass is 279 g/mol. The Morgan fingerprint density at radius 3 is 2.89 bits per heavy atom. The lowest BCUT2D eigenvalue weighted by Crippen LogP contribution is -2.33. The molecule has 1 aromatic rings. The van der Waals surface area contributed by atoms with Gasteiger partial charge in [-0.15, -0.1) is 17.3 Å². The van der Waals surface area contributed by atoms with E-state index in [1.807, 2.05) is 24.4 Å². The van der Waals surface area contributed by atoms with Crippen molar-refractivity contribution < 1.29 is 19.4 Å². The predicted octanol–water partition coefficient (Wildman–Crippen LogP) is 1.17. The molecule has 3 unspecified atom stereocenters. The van der Waals surface area contributed by atoms with Gasteiger partial charge in [-0.1, -0.05) is 18.9 Å². The Balaban J connectivity index is 2.01. The molecule has 1 amide bonds. The van der Waals surface area contributed by atoms with Gasteiger partial charge in [-0.2, -0.15) is 0 Å². The highest BCUT2D eigenvalue weighted by molar-refractivity contribution is 7.10. The fourth-order valence-corrected chi connectivity index (χ4v) is 2.29. The van der Waals surface area contributed by atoms with Crippen molar-refractivity contribution in [2.24, 2.45) is 0 Å². The maximum Gasteiger partial charge on any atom is 0.336 e. The maximum absolute atomic E-state index is 11.8. The molecule has 1 aliphatic heterocycles. The molecule has 1 fully saturated rings. The lowest BCUT2D eigenvalue weighted by atomic mass is 10.2. The van der Waals surface area contributed by atoms with Crippen LogP contribution < -0.4 is 5.32 Å². The Kier molecular flexibility index (Phi) is 4.20. The van der Waals surface area contributed by atoms with Crippen LogP contribution in [0.25, 0.3) is 0 Å². The average Bonchev–Trinajstić information content (AvgIpc) is 3.02. The number of carbonyl (C=O) groups excluding carboxylic acids is 1. The molecule has 0 saturated carbocycles. The molecule has 1 aromatic heterocycles. The van der Waals surface area contributed by atoms with Gasteiger partial charge < -0.3 is 15.2 Å². The Bertz CT molecular complexity index is 529. The second-order valence-electron chi connectivity index (χ2n) is 3.95. The number of nitrogens with one attached hydrogen (secondary N) is 1. The molecule has 2 N–H and O–H groups in total. The smallest absolute Gasteiger partial charge is 0.336 e. The normalized spacial score (nSPS) is 21.9. The van der Waals surface area contributed by atoms with E-state index in [1.165, 1.54) is 11.3 Å². The van der Waals surface area contributed by atoms with Gasteiger partial charge >= 0.3 is 5.97 Å². The highest BCUT2D eigenvalue weighted by Gasteiger charge is 2.51. The third-order valence-corrected chi connectivity index (χ3v) is 3.47. The molecule has 19 heavy (non-hydrogen) atoms. The zero-order chi connectivity index (χ0) is 13.8. The van der Waals surface area contributed by atoms with E-state index < -0.39 is 30.1 Å². The van der Waals surface area contributed by atoms with Gasteiger partial charge in [0.15, 0.2) is 12.2 Å². The molecule has 0 aliphatic carbocycles. The molecule has 5 nitrogen and oxygen atoms in total. The molecule has 6 heteroatoms. The Morgan fingerprint density at radius 2 is 2.37 bits per heavy atom. The first-order chi connectivity index (χ1) is 9.13. The Morgan fingerprint density at radius 1 is 1.58 bits per heavy atom. The highest BCUT2D eigenvalue weighted by atomic mass is 32.1. The zero-order valence-corrected chi connectivity index (χ0v) is 11.1. The van der Waals surface area contributed by atoms with Gasteiger partial charge in [0.2, 0.25) is 0 Å². The summed E-state index contributed by atoms with van der Waals surface area (Å²) in [7, 11) is 0. The minimum absolute atomic E-state index is 0.411. The van der Waals surface area contributed by atoms with Gasteiger partial charge in [0, 0.05) is 11.3 Å². The number of ether oxygens (including phenoxy) is 1. The van der Waals surface area contributed by atoms with E-state index in [4.69, 9.17) is 9.84 Å². The number of thiophene rings is 1. The molecule has 100 valence electrons. The van der Waals surface area contributed by atoms with E-state index in [-0.39, 0.29) is 0 Å². The summed E-state index contributed by atoms with van der Waals surface area (Å²) in [6.07, 6.45) is -1.23. The van der Waals surface area contributed by atoms with Crippen molar-refractivity contribution in [1.82, 2.24) is 5.32 Å². The number of epoxide rings is 1. The van der Waals surface area contributed by atoms with Gasteiger partial charge in [0.1, 0.15) is 6.04 Å². The number of hydrogen-bond donors (Lipinski definition) is 2. The van der Waals surface area contributed by atoms with Gasteiger partial charge in [0.05, 0.1) is 0 Å². The van der Waals surface area contributed by atoms with Crippen LogP contribution in [0.2, 0.25) is 0 Å². The Labute approximate surface area is 114 Å². The van der Waals surface area contributed by atoms with E-state index in [0.717, 1.165) is 4.88 Å². The average molecular weight is 279 g/mol. The molecule has 2 rings (SSSR count). The first-order valence-corrected chi connectivity index (χ1v) is 6.72. The van der Waals surface area contributed by atoms with Crippen LogP contribution in [0.3, 0.4) is 0 Å². The van der Waals surface area contributed by atoms with E-state index in [0.29, 0.717) is 6.42 Å². The molecule has 0 bridgehead atoms. The maximum atomic E-state index is 11.8. The van der Waals surface area contributed by atoms with Crippen molar-refractivity contribution >= 4 is 23.2 Å². The van der Waals surface area contributed by atoms with Crippen LogP contribution >= 0.6 is 11.3 Å². The van der Waals surface area contributed by atoms with E-state index in [2.05, 4.69) is 17.2 Å². The third-order valence-electron chi connectivity index (χ3n) is 2.53.